The Bertz CT molecular complexity index is 970. The molecule has 0 saturated carbocycles. The van der Waals surface area contributed by atoms with Crippen molar-refractivity contribution in [1.29, 1.82) is 0 Å². The maximum atomic E-state index is 12.9. The molecule has 0 amide bonds. The molecule has 0 aliphatic carbocycles. The molecule has 0 bridgehead atoms. The molecule has 7 heteroatoms. The van der Waals surface area contributed by atoms with Gasteiger partial charge in [-0.25, -0.2) is 13.1 Å². The van der Waals surface area contributed by atoms with E-state index in [0.29, 0.717) is 18.9 Å². The van der Waals surface area contributed by atoms with Crippen molar-refractivity contribution in [1.82, 2.24) is 9.62 Å². The molecule has 2 aliphatic rings. The fraction of sp³-hybridized carbons (Fsp3) is 0.478. The molecule has 2 heterocycles. The van der Waals surface area contributed by atoms with Crippen molar-refractivity contribution >= 4 is 15.7 Å². The lowest BCUT2D eigenvalue weighted by Crippen LogP contribution is -2.36. The smallest absolute Gasteiger partial charge is 0.240 e. The molecular weight excluding hydrogens is 398 g/mol. The number of rotatable bonds is 8. The van der Waals surface area contributed by atoms with E-state index in [0.717, 1.165) is 38.9 Å². The van der Waals surface area contributed by atoms with Gasteiger partial charge in [-0.15, -0.1) is 0 Å². The molecule has 2 aromatic rings. The number of anilines is 1. The second-order valence-corrected chi connectivity index (χ2v) is 9.84. The molecule has 1 saturated heterocycles. The van der Waals surface area contributed by atoms with Crippen LogP contribution in [-0.2, 0) is 16.4 Å². The molecule has 0 spiro atoms. The van der Waals surface area contributed by atoms with Crippen LogP contribution < -0.4 is 14.4 Å². The molecule has 1 N–H and O–H groups in total. The number of hydrogen-bond donors (Lipinski definition) is 1. The average Bonchev–Trinajstić information content (AvgIpc) is 3.39. The zero-order valence-electron chi connectivity index (χ0n) is 17.8. The van der Waals surface area contributed by atoms with Gasteiger partial charge in [0.2, 0.25) is 10.0 Å². The number of fused-ring (bicyclic) bond motifs is 1. The highest BCUT2D eigenvalue weighted by Gasteiger charge is 2.27. The summed E-state index contributed by atoms with van der Waals surface area (Å²) in [7, 11) is -1.47. The van der Waals surface area contributed by atoms with Gasteiger partial charge in [0.15, 0.2) is 0 Å². The lowest BCUT2D eigenvalue weighted by atomic mass is 10.0. The van der Waals surface area contributed by atoms with Gasteiger partial charge in [0.05, 0.1) is 11.5 Å². The predicted molar refractivity (Wildman–Crippen MR) is 120 cm³/mol. The number of benzene rings is 2. The van der Waals surface area contributed by atoms with E-state index < -0.39 is 10.0 Å². The van der Waals surface area contributed by atoms with E-state index in [1.54, 1.807) is 24.3 Å². The molecule has 0 radical (unpaired) electrons. The van der Waals surface area contributed by atoms with E-state index in [2.05, 4.69) is 39.8 Å². The summed E-state index contributed by atoms with van der Waals surface area (Å²) in [6, 6.07) is 13.3. The van der Waals surface area contributed by atoms with Crippen molar-refractivity contribution in [2.75, 3.05) is 44.7 Å². The molecule has 1 fully saturated rings. The Morgan fingerprint density at radius 2 is 1.80 bits per heavy atom. The fourth-order valence-electron chi connectivity index (χ4n) is 4.46. The number of sulfonamides is 1. The molecule has 162 valence electrons. The molecule has 1 atom stereocenters. The molecule has 30 heavy (non-hydrogen) atoms. The normalized spacial score (nSPS) is 17.9. The summed E-state index contributed by atoms with van der Waals surface area (Å²) in [5, 5.41) is 0. The van der Waals surface area contributed by atoms with Gasteiger partial charge in [-0.2, -0.15) is 0 Å². The van der Waals surface area contributed by atoms with Crippen molar-refractivity contribution in [3.05, 3.63) is 53.6 Å². The molecule has 0 unspecified atom stereocenters. The number of likely N-dealkylation sites (tertiary alicyclic amines) is 1. The molecule has 4 rings (SSSR count). The van der Waals surface area contributed by atoms with E-state index in [1.165, 1.54) is 16.8 Å². The Labute approximate surface area is 179 Å². The first-order valence-electron chi connectivity index (χ1n) is 10.8. The Balaban J connectivity index is 1.52. The predicted octanol–water partition coefficient (Wildman–Crippen LogP) is 3.19. The topological polar surface area (TPSA) is 61.9 Å². The van der Waals surface area contributed by atoms with Crippen LogP contribution in [-0.4, -0.2) is 53.2 Å². The molecule has 2 aliphatic heterocycles. The Kier molecular flexibility index (Phi) is 6.32. The highest BCUT2D eigenvalue weighted by atomic mass is 32.2. The first-order valence-corrected chi connectivity index (χ1v) is 12.3. The van der Waals surface area contributed by atoms with Crippen LogP contribution in [0.3, 0.4) is 0 Å². The van der Waals surface area contributed by atoms with Gasteiger partial charge >= 0.3 is 0 Å². The summed E-state index contributed by atoms with van der Waals surface area (Å²) in [5.74, 6) is 0.675. The molecular formula is C23H31N3O3S. The van der Waals surface area contributed by atoms with Gasteiger partial charge in [-0.05, 0) is 80.7 Å². The fourth-order valence-corrected chi connectivity index (χ4v) is 5.50. The van der Waals surface area contributed by atoms with Crippen LogP contribution in [0.5, 0.6) is 5.75 Å². The minimum absolute atomic E-state index is 0.0428. The third kappa shape index (κ3) is 4.48. The van der Waals surface area contributed by atoms with Gasteiger partial charge in [-0.3, -0.25) is 4.90 Å². The third-order valence-corrected chi connectivity index (χ3v) is 7.55. The van der Waals surface area contributed by atoms with Gasteiger partial charge in [0, 0.05) is 31.9 Å². The van der Waals surface area contributed by atoms with Crippen LogP contribution in [0.1, 0.15) is 36.9 Å². The van der Waals surface area contributed by atoms with Crippen LogP contribution in [0.2, 0.25) is 0 Å². The Morgan fingerprint density at radius 1 is 1.07 bits per heavy atom. The number of ether oxygens (including phenoxy) is 1. The van der Waals surface area contributed by atoms with Crippen LogP contribution in [0, 0.1) is 0 Å². The average molecular weight is 430 g/mol. The highest BCUT2D eigenvalue weighted by Crippen LogP contribution is 2.32. The second-order valence-electron chi connectivity index (χ2n) is 8.07. The van der Waals surface area contributed by atoms with Gasteiger partial charge in [0.25, 0.3) is 0 Å². The van der Waals surface area contributed by atoms with E-state index in [-0.39, 0.29) is 10.9 Å². The highest BCUT2D eigenvalue weighted by molar-refractivity contribution is 7.89. The van der Waals surface area contributed by atoms with Gasteiger partial charge in [-0.1, -0.05) is 12.1 Å². The number of nitrogens with one attached hydrogen (secondary N) is 1. The standard InChI is InChI=1S/C23H31N3O3S/c1-3-29-20-7-9-21(10-8-20)30(27,28)24-17-23(26-13-4-5-14-26)18-6-11-22-19(16-18)12-15-25(22)2/h6-11,16,23-24H,3-5,12-15,17H2,1-2H3/t23-/m1/s1. The third-order valence-electron chi connectivity index (χ3n) is 6.11. The SMILES string of the molecule is CCOc1ccc(S(=O)(=O)NC[C@H](c2ccc3c(c2)CCN3C)N2CCCC2)cc1. The summed E-state index contributed by atoms with van der Waals surface area (Å²) in [5.41, 5.74) is 3.84. The van der Waals surface area contributed by atoms with Crippen LogP contribution in [0.15, 0.2) is 47.4 Å². The Morgan fingerprint density at radius 3 is 2.50 bits per heavy atom. The van der Waals surface area contributed by atoms with Crippen molar-refractivity contribution in [3.63, 3.8) is 0 Å². The van der Waals surface area contributed by atoms with E-state index in [1.807, 2.05) is 6.92 Å². The number of nitrogens with zero attached hydrogens (tertiary/aromatic N) is 2. The number of hydrogen-bond acceptors (Lipinski definition) is 5. The van der Waals surface area contributed by atoms with E-state index in [9.17, 15) is 8.42 Å². The number of likely N-dealkylation sites (N-methyl/N-ethyl adjacent to an activating group) is 1. The van der Waals surface area contributed by atoms with Crippen molar-refractivity contribution in [3.8, 4) is 5.75 Å². The van der Waals surface area contributed by atoms with Gasteiger partial charge in [0.1, 0.15) is 5.75 Å². The summed E-state index contributed by atoms with van der Waals surface area (Å²) in [6.45, 7) is 5.88. The maximum absolute atomic E-state index is 12.9. The van der Waals surface area contributed by atoms with Crippen molar-refractivity contribution in [2.24, 2.45) is 0 Å². The lowest BCUT2D eigenvalue weighted by molar-refractivity contribution is 0.246. The summed E-state index contributed by atoms with van der Waals surface area (Å²) in [6.07, 6.45) is 3.37. The zero-order valence-corrected chi connectivity index (χ0v) is 18.6. The zero-order chi connectivity index (χ0) is 21.1. The largest absolute Gasteiger partial charge is 0.494 e. The minimum Gasteiger partial charge on any atom is -0.494 e. The summed E-state index contributed by atoms with van der Waals surface area (Å²) >= 11 is 0. The van der Waals surface area contributed by atoms with E-state index >= 15 is 0 Å². The molecule has 6 nitrogen and oxygen atoms in total. The quantitative estimate of drug-likeness (QED) is 0.698. The second kappa shape index (κ2) is 8.96. The van der Waals surface area contributed by atoms with Crippen molar-refractivity contribution < 1.29 is 13.2 Å². The lowest BCUT2D eigenvalue weighted by Gasteiger charge is -2.29. The Hall–Kier alpha value is -2.09. The van der Waals surface area contributed by atoms with Crippen molar-refractivity contribution in [2.45, 2.75) is 37.1 Å². The van der Waals surface area contributed by atoms with Gasteiger partial charge < -0.3 is 9.64 Å². The maximum Gasteiger partial charge on any atom is 0.240 e. The minimum atomic E-state index is -3.59. The first kappa shape index (κ1) is 21.2. The molecule has 0 aromatic heterocycles. The monoisotopic (exact) mass is 429 g/mol. The molecule has 2 aromatic carbocycles. The van der Waals surface area contributed by atoms with Crippen LogP contribution in [0.4, 0.5) is 5.69 Å². The van der Waals surface area contributed by atoms with Crippen LogP contribution >= 0.6 is 0 Å². The summed E-state index contributed by atoms with van der Waals surface area (Å²) < 4.78 is 34.1. The summed E-state index contributed by atoms with van der Waals surface area (Å²) in [4.78, 5) is 4.95. The van der Waals surface area contributed by atoms with Crippen LogP contribution in [0.25, 0.3) is 0 Å². The first-order chi connectivity index (χ1) is 14.5. The van der Waals surface area contributed by atoms with E-state index in [4.69, 9.17) is 4.74 Å².